The molecule has 4 aliphatic rings. The molecule has 16 atom stereocenters. The van der Waals surface area contributed by atoms with Gasteiger partial charge in [-0.25, -0.2) is 4.67 Å². The summed E-state index contributed by atoms with van der Waals surface area (Å²) in [4.78, 5) is 207. The van der Waals surface area contributed by atoms with Gasteiger partial charge in [0.05, 0.1) is 110 Å². The first kappa shape index (κ1) is 113. The van der Waals surface area contributed by atoms with Crippen LogP contribution in [0, 0.1) is 17.2 Å². The number of hydrogen-bond acceptors (Lipinski definition) is 39. The fraction of sp³-hybridized carbons (Fsp3) is 0.729. The van der Waals surface area contributed by atoms with Crippen LogP contribution in [0.25, 0.3) is 0 Å². The van der Waals surface area contributed by atoms with Crippen LogP contribution in [0.2, 0.25) is 0 Å². The van der Waals surface area contributed by atoms with Crippen LogP contribution in [0.15, 0.2) is 24.3 Å². The molecule has 132 heavy (non-hydrogen) atoms. The fourth-order valence-electron chi connectivity index (χ4n) is 14.8. The number of nitrogens with zero attached hydrogens (tertiary/aromatic N) is 3. The van der Waals surface area contributed by atoms with Crippen molar-refractivity contribution in [3.05, 3.63) is 35.4 Å². The standard InChI is InChI=1S/C85H131N10O36P/c1-49(2)95(50(3)4)132(122-30-17-26-86)131-66-24-22-65(23-25-66)80(110)90-42-64-20-18-63(19-21-64)40-68(81(111)89-29-33-114-36-39-117-84-79(93-53(7)98)85(130-62(16)107,48-121-57(11)102)41-67(127-84)45-118-54(8)99)94(43-71(108)87-27-31-112-34-37-115-82-73(91-51(5)96)77(125-60(14)105)75(123-58(12)103)69(128-82)46-119-55(9)100)44-72(109)88-28-32-113-35-38-116-83-74(92-52(6)97)78(126-61(15)106)76(124-59(13)104)70(129-83)47-120-56(10)101/h18-21,49-50,65-70,73-79,82-84H,17,22-25,27-48H2,1-16H3,(H,87,108)(H,88,109)(H,89,111)(H,90,110)(H,91,96)(H,92,97)(H,93,98). The normalized spacial score (nSPS) is 23.9. The van der Waals surface area contributed by atoms with Crippen molar-refractivity contribution < 1.29 is 171 Å². The van der Waals surface area contributed by atoms with Gasteiger partial charge in [0.1, 0.15) is 56.8 Å². The zero-order chi connectivity index (χ0) is 97.7. The molecule has 3 saturated heterocycles. The summed E-state index contributed by atoms with van der Waals surface area (Å²) in [5.41, 5.74) is -0.581. The van der Waals surface area contributed by atoms with Crippen LogP contribution in [0.1, 0.15) is 160 Å². The van der Waals surface area contributed by atoms with Gasteiger partial charge in [0, 0.05) is 134 Å². The van der Waals surface area contributed by atoms with E-state index in [-0.39, 0.29) is 148 Å². The third kappa shape index (κ3) is 41.3. The molecule has 0 bridgehead atoms. The number of nitriles is 1. The molecule has 0 aromatic heterocycles. The van der Waals surface area contributed by atoms with E-state index in [2.05, 4.69) is 75.7 Å². The predicted octanol–water partition coefficient (Wildman–Crippen LogP) is 0.175. The number of carbonyl (C=O) groups excluding carboxylic acids is 16. The third-order valence-electron chi connectivity index (χ3n) is 20.1. The summed E-state index contributed by atoms with van der Waals surface area (Å²) >= 11 is 0. The van der Waals surface area contributed by atoms with Gasteiger partial charge in [0.2, 0.25) is 41.4 Å². The molecular formula is C85H131N10O36P. The van der Waals surface area contributed by atoms with E-state index in [1.54, 1.807) is 24.3 Å². The Morgan fingerprint density at radius 3 is 1.33 bits per heavy atom. The summed E-state index contributed by atoms with van der Waals surface area (Å²) in [6.07, 6.45) is -11.5. The summed E-state index contributed by atoms with van der Waals surface area (Å²) in [6, 6.07) is 4.04. The lowest BCUT2D eigenvalue weighted by atomic mass is 9.85. The Bertz CT molecular complexity index is 3840. The van der Waals surface area contributed by atoms with Crippen molar-refractivity contribution >= 4 is 104 Å². The van der Waals surface area contributed by atoms with Gasteiger partial charge in [-0.1, -0.05) is 24.3 Å². The fourth-order valence-corrected chi connectivity index (χ4v) is 16.6. The minimum absolute atomic E-state index is 0.101. The first-order valence-electron chi connectivity index (χ1n) is 43.5. The molecule has 46 nitrogen and oxygen atoms in total. The van der Waals surface area contributed by atoms with Crippen molar-refractivity contribution in [3.63, 3.8) is 0 Å². The molecule has 3 heterocycles. The zero-order valence-electron chi connectivity index (χ0n) is 77.8. The molecule has 742 valence electrons. The van der Waals surface area contributed by atoms with Crippen molar-refractivity contribution in [1.29, 1.82) is 5.26 Å². The smallest absolute Gasteiger partial charge is 0.303 e. The minimum Gasteiger partial charge on any atom is -0.463 e. The molecule has 16 unspecified atom stereocenters. The topological polar surface area (TPSA) is 572 Å². The van der Waals surface area contributed by atoms with E-state index in [0.717, 1.165) is 62.3 Å². The number of benzene rings is 1. The summed E-state index contributed by atoms with van der Waals surface area (Å²) in [7, 11) is -1.49. The van der Waals surface area contributed by atoms with E-state index >= 15 is 4.79 Å². The van der Waals surface area contributed by atoms with Crippen molar-refractivity contribution in [3.8, 4) is 6.07 Å². The highest BCUT2D eigenvalue weighted by Crippen LogP contribution is 2.49. The molecule has 7 amide bonds. The van der Waals surface area contributed by atoms with E-state index in [0.29, 0.717) is 36.8 Å². The number of hydrogen-bond donors (Lipinski definition) is 7. The number of nitrogens with one attached hydrogen (secondary N) is 7. The molecule has 7 N–H and O–H groups in total. The lowest BCUT2D eigenvalue weighted by Crippen LogP contribution is -2.68. The Morgan fingerprint density at radius 2 is 0.909 bits per heavy atom. The van der Waals surface area contributed by atoms with Gasteiger partial charge in [0.25, 0.3) is 8.53 Å². The van der Waals surface area contributed by atoms with E-state index in [1.807, 2.05) is 0 Å². The molecule has 0 radical (unpaired) electrons. The Balaban J connectivity index is 1.41. The Labute approximate surface area is 768 Å². The average Bonchev–Trinajstić information content (AvgIpc) is 0.780. The minimum atomic E-state index is -1.80. The SMILES string of the molecule is CC(=O)NC1C(OCCOCCNC(=O)CN(CC(=O)NCCOCCOC2OC(COC(C)=O)C(OC(C)=O)C(OC(C)=O)C2NC(C)=O)C(Cc2ccc(CNC(=O)C3CCC(OP(OCCC#N)N(C(C)C)C(C)C)CC3)cc2)C(=O)NCCOCCOC2OC(COC(C)=O)CC(COC(C)=O)(OC(C)=O)C2NC(C)=O)OC(COC(C)=O)C(OC(C)=O)C1OC(C)=O. The first-order valence-corrected chi connectivity index (χ1v) is 44.7. The van der Waals surface area contributed by atoms with Gasteiger partial charge in [0.15, 0.2) is 48.9 Å². The van der Waals surface area contributed by atoms with Crippen molar-refractivity contribution in [1.82, 2.24) is 46.8 Å². The Kier molecular flexibility index (Phi) is 50.4. The molecule has 1 saturated carbocycles. The van der Waals surface area contributed by atoms with Gasteiger partial charge < -0.3 is 132 Å². The Hall–Kier alpha value is -9.86. The summed E-state index contributed by atoms with van der Waals surface area (Å²) in [5.74, 6) is -11.4. The molecule has 4 fully saturated rings. The van der Waals surface area contributed by atoms with Crippen LogP contribution in [-0.2, 0) is 184 Å². The third-order valence-corrected chi connectivity index (χ3v) is 22.3. The van der Waals surface area contributed by atoms with E-state index < -0.39 is 222 Å². The number of carbonyl (C=O) groups is 16. The van der Waals surface area contributed by atoms with Gasteiger partial charge in [-0.05, 0) is 70.9 Å². The van der Waals surface area contributed by atoms with Crippen LogP contribution >= 0.6 is 8.53 Å². The van der Waals surface area contributed by atoms with Crippen molar-refractivity contribution in [2.24, 2.45) is 5.92 Å². The summed E-state index contributed by atoms with van der Waals surface area (Å²) in [6.45, 7) is 16.5. The average molecular weight is 1900 g/mol. The van der Waals surface area contributed by atoms with Crippen molar-refractivity contribution in [2.45, 2.75) is 272 Å². The number of esters is 9. The molecule has 5 rings (SSSR count). The molecule has 1 aromatic carbocycles. The van der Waals surface area contributed by atoms with Crippen LogP contribution < -0.4 is 37.2 Å². The second-order valence-electron chi connectivity index (χ2n) is 31.9. The highest BCUT2D eigenvalue weighted by molar-refractivity contribution is 7.44. The van der Waals surface area contributed by atoms with Gasteiger partial charge in [-0.15, -0.1) is 0 Å². The Morgan fingerprint density at radius 1 is 0.477 bits per heavy atom. The van der Waals surface area contributed by atoms with Crippen LogP contribution in [0.5, 0.6) is 0 Å². The molecule has 0 spiro atoms. The summed E-state index contributed by atoms with van der Waals surface area (Å²) in [5, 5.41) is 28.5. The number of amides is 7. The van der Waals surface area contributed by atoms with Crippen LogP contribution in [0.3, 0.4) is 0 Å². The molecule has 3 aliphatic heterocycles. The highest BCUT2D eigenvalue weighted by atomic mass is 31.2. The number of rotatable bonds is 56. The summed E-state index contributed by atoms with van der Waals surface area (Å²) < 4.78 is 118. The maximum Gasteiger partial charge on any atom is 0.303 e. The van der Waals surface area contributed by atoms with Crippen LogP contribution in [0.4, 0.5) is 0 Å². The predicted molar refractivity (Wildman–Crippen MR) is 455 cm³/mol. The van der Waals surface area contributed by atoms with Crippen LogP contribution in [-0.4, -0.2) is 339 Å². The van der Waals surface area contributed by atoms with Gasteiger partial charge in [-0.2, -0.15) is 5.26 Å². The lowest BCUT2D eigenvalue weighted by molar-refractivity contribution is -0.279. The van der Waals surface area contributed by atoms with E-state index in [1.165, 1.54) is 25.7 Å². The van der Waals surface area contributed by atoms with Gasteiger partial charge >= 0.3 is 53.7 Å². The maximum atomic E-state index is 15.1. The van der Waals surface area contributed by atoms with Crippen molar-refractivity contribution in [2.75, 3.05) is 125 Å². The first-order chi connectivity index (χ1) is 62.6. The molecular weight excluding hydrogens is 1770 g/mol. The maximum absolute atomic E-state index is 15.1. The number of ether oxygens (including phenoxy) is 18. The lowest BCUT2D eigenvalue weighted by Gasteiger charge is -2.48. The second kappa shape index (κ2) is 59.0. The van der Waals surface area contributed by atoms with E-state index in [9.17, 15) is 77.2 Å². The monoisotopic (exact) mass is 1900 g/mol. The quantitative estimate of drug-likeness (QED) is 0.0198. The highest BCUT2D eigenvalue weighted by Gasteiger charge is 2.57. The molecule has 47 heteroatoms. The molecule has 1 aromatic rings. The second-order valence-corrected chi connectivity index (χ2v) is 33.3. The molecule has 1 aliphatic carbocycles. The largest absolute Gasteiger partial charge is 0.463 e. The zero-order valence-corrected chi connectivity index (χ0v) is 78.7. The van der Waals surface area contributed by atoms with E-state index in [4.69, 9.17) is 94.3 Å². The van der Waals surface area contributed by atoms with Gasteiger partial charge in [-0.3, -0.25) is 81.6 Å².